The minimum atomic E-state index is -0.801. The van der Waals surface area contributed by atoms with Gasteiger partial charge >= 0.3 is 17.9 Å². The number of ether oxygens (including phenoxy) is 3. The van der Waals surface area contributed by atoms with Crippen molar-refractivity contribution in [3.63, 3.8) is 0 Å². The Hall–Kier alpha value is -4.19. The summed E-state index contributed by atoms with van der Waals surface area (Å²) < 4.78 is 16.9. The summed E-state index contributed by atoms with van der Waals surface area (Å²) in [5, 5.41) is 0. The summed E-state index contributed by atoms with van der Waals surface area (Å²) in [4.78, 5) is 38.2. The van der Waals surface area contributed by atoms with Gasteiger partial charge in [0.25, 0.3) is 0 Å². The molecule has 1 unspecified atom stereocenters. The molecule has 74 heavy (non-hydrogen) atoms. The average molecular weight is 1030 g/mol. The van der Waals surface area contributed by atoms with Crippen molar-refractivity contribution in [1.82, 2.24) is 0 Å². The van der Waals surface area contributed by atoms with Gasteiger partial charge in [-0.15, -0.1) is 0 Å². The van der Waals surface area contributed by atoms with Crippen molar-refractivity contribution >= 4 is 17.9 Å². The van der Waals surface area contributed by atoms with Crippen LogP contribution in [0.1, 0.15) is 271 Å². The summed E-state index contributed by atoms with van der Waals surface area (Å²) in [7, 11) is 0. The molecular weight excluding hydrogens is 913 g/mol. The molecule has 0 radical (unpaired) electrons. The average Bonchev–Trinajstić information content (AvgIpc) is 3.40. The number of carbonyl (C=O) groups is 3. The van der Waals surface area contributed by atoms with E-state index >= 15 is 0 Å². The highest BCUT2D eigenvalue weighted by Crippen LogP contribution is 2.15. The third kappa shape index (κ3) is 58.7. The van der Waals surface area contributed by atoms with Gasteiger partial charge in [-0.2, -0.15) is 0 Å². The van der Waals surface area contributed by atoms with Crippen molar-refractivity contribution in [1.29, 1.82) is 0 Å². The van der Waals surface area contributed by atoms with Crippen LogP contribution in [0.4, 0.5) is 0 Å². The number of hydrogen-bond acceptors (Lipinski definition) is 6. The fourth-order valence-corrected chi connectivity index (χ4v) is 8.16. The molecule has 0 aliphatic carbocycles. The molecule has 0 aromatic rings. The molecule has 0 rings (SSSR count). The van der Waals surface area contributed by atoms with Crippen molar-refractivity contribution in [3.05, 3.63) is 122 Å². The zero-order valence-corrected chi connectivity index (χ0v) is 48.1. The van der Waals surface area contributed by atoms with E-state index in [4.69, 9.17) is 14.2 Å². The van der Waals surface area contributed by atoms with Gasteiger partial charge in [-0.1, -0.05) is 245 Å². The molecule has 0 aliphatic heterocycles. The predicted molar refractivity (Wildman–Crippen MR) is 320 cm³/mol. The third-order valence-corrected chi connectivity index (χ3v) is 12.7. The molecule has 1 atom stereocenters. The quantitative estimate of drug-likeness (QED) is 0.0261. The van der Waals surface area contributed by atoms with E-state index in [0.29, 0.717) is 19.3 Å². The molecule has 420 valence electrons. The first-order valence-corrected chi connectivity index (χ1v) is 30.5. The van der Waals surface area contributed by atoms with Gasteiger partial charge in [0.1, 0.15) is 13.2 Å². The summed E-state index contributed by atoms with van der Waals surface area (Å²) in [6.07, 6.45) is 84.8. The highest BCUT2D eigenvalue weighted by Gasteiger charge is 2.19. The van der Waals surface area contributed by atoms with Crippen molar-refractivity contribution in [3.8, 4) is 0 Å². The second-order valence-corrected chi connectivity index (χ2v) is 19.8. The van der Waals surface area contributed by atoms with E-state index in [0.717, 1.165) is 141 Å². The van der Waals surface area contributed by atoms with Gasteiger partial charge in [0.2, 0.25) is 0 Å². The molecule has 0 amide bonds. The second kappa shape index (κ2) is 61.4. The van der Waals surface area contributed by atoms with Gasteiger partial charge < -0.3 is 14.2 Å². The Morgan fingerprint density at radius 2 is 0.527 bits per heavy atom. The van der Waals surface area contributed by atoms with Gasteiger partial charge in [0.05, 0.1) is 0 Å². The lowest BCUT2D eigenvalue weighted by Gasteiger charge is -2.18. The summed E-state index contributed by atoms with van der Waals surface area (Å²) in [5.41, 5.74) is 0. The maximum atomic E-state index is 12.9. The Balaban J connectivity index is 4.40. The molecule has 0 aromatic carbocycles. The van der Waals surface area contributed by atoms with Gasteiger partial charge in [0, 0.05) is 19.3 Å². The Morgan fingerprint density at radius 1 is 0.284 bits per heavy atom. The van der Waals surface area contributed by atoms with Crippen molar-refractivity contribution in [2.75, 3.05) is 13.2 Å². The lowest BCUT2D eigenvalue weighted by Crippen LogP contribution is -2.30. The van der Waals surface area contributed by atoms with E-state index in [1.165, 1.54) is 89.9 Å². The van der Waals surface area contributed by atoms with Crippen molar-refractivity contribution in [2.24, 2.45) is 0 Å². The van der Waals surface area contributed by atoms with E-state index in [1.807, 2.05) is 0 Å². The maximum Gasteiger partial charge on any atom is 0.306 e. The molecule has 0 saturated heterocycles. The van der Waals surface area contributed by atoms with Crippen LogP contribution in [0.2, 0.25) is 0 Å². The molecule has 0 aromatic heterocycles. The summed E-state index contributed by atoms with van der Waals surface area (Å²) in [5.74, 6) is -0.932. The maximum absolute atomic E-state index is 12.9. The Kier molecular flexibility index (Phi) is 57.9. The fraction of sp³-hybridized carbons (Fsp3) is 0.662. The molecule has 0 spiro atoms. The first kappa shape index (κ1) is 69.8. The zero-order valence-electron chi connectivity index (χ0n) is 48.1. The summed E-state index contributed by atoms with van der Waals surface area (Å²) >= 11 is 0. The van der Waals surface area contributed by atoms with Gasteiger partial charge in [-0.25, -0.2) is 0 Å². The number of unbranched alkanes of at least 4 members (excludes halogenated alkanes) is 23. The molecule has 0 heterocycles. The van der Waals surface area contributed by atoms with Crippen LogP contribution >= 0.6 is 0 Å². The normalized spacial score (nSPS) is 13.0. The number of esters is 3. The van der Waals surface area contributed by atoms with Crippen LogP contribution in [0.3, 0.4) is 0 Å². The highest BCUT2D eigenvalue weighted by molar-refractivity contribution is 5.71. The summed E-state index contributed by atoms with van der Waals surface area (Å²) in [6, 6.07) is 0. The lowest BCUT2D eigenvalue weighted by molar-refractivity contribution is -0.167. The fourth-order valence-electron chi connectivity index (χ4n) is 8.16. The number of hydrogen-bond donors (Lipinski definition) is 0. The van der Waals surface area contributed by atoms with Crippen LogP contribution in [0.25, 0.3) is 0 Å². The van der Waals surface area contributed by atoms with Crippen molar-refractivity contribution < 1.29 is 28.6 Å². The van der Waals surface area contributed by atoms with Gasteiger partial charge in [-0.3, -0.25) is 14.4 Å². The first-order valence-electron chi connectivity index (χ1n) is 30.5. The van der Waals surface area contributed by atoms with E-state index in [9.17, 15) is 14.4 Å². The standard InChI is InChI=1S/C68H112O6/c1-4-7-10-13-16-19-22-25-28-30-31-32-33-34-35-36-37-39-40-43-46-49-52-55-58-61-67(70)73-64-65(63-72-66(69)60-57-54-51-48-45-42-27-24-21-18-15-12-9-6-3)74-68(71)62-59-56-53-50-47-44-41-38-29-26-23-20-17-14-11-8-5-2/h7-8,10-11,16-17,19-20,24-29,31-32,34-35,41,44,65H,4-6,9,12-15,18,21-23,30,33,36-40,42-43,45-64H2,1-3H3/b10-7-,11-8-,19-16-,20-17-,27-24-,28-25-,29-26-,32-31-,35-34-,44-41-. The largest absolute Gasteiger partial charge is 0.462 e. The van der Waals surface area contributed by atoms with Crippen LogP contribution in [-0.4, -0.2) is 37.2 Å². The highest BCUT2D eigenvalue weighted by atomic mass is 16.6. The molecule has 6 heteroatoms. The molecular formula is C68H112O6. The molecule has 0 aliphatic rings. The molecule has 6 nitrogen and oxygen atoms in total. The Labute approximate surface area is 456 Å². The van der Waals surface area contributed by atoms with Crippen LogP contribution in [0, 0.1) is 0 Å². The van der Waals surface area contributed by atoms with Crippen LogP contribution in [-0.2, 0) is 28.6 Å². The van der Waals surface area contributed by atoms with Crippen LogP contribution in [0.15, 0.2) is 122 Å². The number of carbonyl (C=O) groups excluding carboxylic acids is 3. The first-order chi connectivity index (χ1) is 36.5. The van der Waals surface area contributed by atoms with E-state index in [2.05, 4.69) is 142 Å². The number of rotatable bonds is 54. The number of allylic oxidation sites excluding steroid dienone is 20. The molecule has 0 saturated carbocycles. The third-order valence-electron chi connectivity index (χ3n) is 12.7. The van der Waals surface area contributed by atoms with Gasteiger partial charge in [-0.05, 0) is 128 Å². The Morgan fingerprint density at radius 3 is 0.838 bits per heavy atom. The SMILES string of the molecule is CC/C=C\C/C=C\C/C=C\C/C=C\C/C=C\CCCCCCCCCCCC(=O)OCC(COC(=O)CCCCCCC/C=C\CCCCCCC)OC(=O)CCCCCC/C=C\C/C=C\C/C=C\C/C=C\CC. The molecule has 0 fully saturated rings. The van der Waals surface area contributed by atoms with Crippen LogP contribution in [0.5, 0.6) is 0 Å². The van der Waals surface area contributed by atoms with Crippen molar-refractivity contribution in [2.45, 2.75) is 277 Å². The summed E-state index contributed by atoms with van der Waals surface area (Å²) in [6.45, 7) is 6.38. The monoisotopic (exact) mass is 1020 g/mol. The molecule has 0 N–H and O–H groups in total. The predicted octanol–water partition coefficient (Wildman–Crippen LogP) is 20.8. The zero-order chi connectivity index (χ0) is 53.6. The molecule has 0 bridgehead atoms. The van der Waals surface area contributed by atoms with Gasteiger partial charge in [0.15, 0.2) is 6.10 Å². The van der Waals surface area contributed by atoms with E-state index in [1.54, 1.807) is 0 Å². The topological polar surface area (TPSA) is 78.9 Å². The second-order valence-electron chi connectivity index (χ2n) is 19.8. The Bertz CT molecular complexity index is 1550. The van der Waals surface area contributed by atoms with Crippen LogP contribution < -0.4 is 0 Å². The minimum absolute atomic E-state index is 0.0961. The lowest BCUT2D eigenvalue weighted by atomic mass is 10.1. The smallest absolute Gasteiger partial charge is 0.306 e. The van der Waals surface area contributed by atoms with E-state index in [-0.39, 0.29) is 31.1 Å². The minimum Gasteiger partial charge on any atom is -0.462 e. The van der Waals surface area contributed by atoms with E-state index < -0.39 is 6.10 Å².